The summed E-state index contributed by atoms with van der Waals surface area (Å²) in [6, 6.07) is 7.43. The zero-order valence-electron chi connectivity index (χ0n) is 11.2. The number of cyclic esters (lactones) is 1. The number of carbonyl (C=O) groups is 1. The van der Waals surface area contributed by atoms with Gasteiger partial charge in [0.2, 0.25) is 0 Å². The van der Waals surface area contributed by atoms with Crippen molar-refractivity contribution in [2.75, 3.05) is 4.90 Å². The van der Waals surface area contributed by atoms with Gasteiger partial charge in [-0.2, -0.15) is 0 Å². The molecule has 1 aliphatic rings. The van der Waals surface area contributed by atoms with Crippen LogP contribution in [-0.2, 0) is 4.74 Å². The lowest BCUT2D eigenvalue weighted by atomic mass is 9.90. The fourth-order valence-electron chi connectivity index (χ4n) is 2.21. The van der Waals surface area contributed by atoms with E-state index in [-0.39, 0.29) is 0 Å². The molecule has 2 atom stereocenters. The minimum Gasteiger partial charge on any atom is -0.438 e. The van der Waals surface area contributed by atoms with E-state index in [1.807, 2.05) is 38.1 Å². The van der Waals surface area contributed by atoms with Gasteiger partial charge in [-0.15, -0.1) is 0 Å². The van der Waals surface area contributed by atoms with Crippen molar-refractivity contribution in [1.29, 1.82) is 0 Å². The standard InChI is InChI=1S/C14H19NO3/c1-5-13(3)14(4,17)15(12(16)18-13)11-8-6-10(2)7-9-11/h6-9,17H,5H2,1-4H3. The lowest BCUT2D eigenvalue weighted by Gasteiger charge is -2.36. The Morgan fingerprint density at radius 3 is 2.28 bits per heavy atom. The fourth-order valence-corrected chi connectivity index (χ4v) is 2.21. The van der Waals surface area contributed by atoms with Gasteiger partial charge < -0.3 is 9.84 Å². The van der Waals surface area contributed by atoms with E-state index < -0.39 is 17.4 Å². The van der Waals surface area contributed by atoms with Crippen molar-refractivity contribution < 1.29 is 14.6 Å². The first-order valence-corrected chi connectivity index (χ1v) is 6.14. The van der Waals surface area contributed by atoms with Crippen LogP contribution in [0, 0.1) is 6.92 Å². The summed E-state index contributed by atoms with van der Waals surface area (Å²) in [5.74, 6) is 0. The average molecular weight is 249 g/mol. The van der Waals surface area contributed by atoms with Gasteiger partial charge in [-0.3, -0.25) is 0 Å². The van der Waals surface area contributed by atoms with E-state index in [4.69, 9.17) is 4.74 Å². The summed E-state index contributed by atoms with van der Waals surface area (Å²) < 4.78 is 5.35. The van der Waals surface area contributed by atoms with Crippen molar-refractivity contribution >= 4 is 11.8 Å². The molecule has 2 rings (SSSR count). The molecule has 1 fully saturated rings. The first-order valence-electron chi connectivity index (χ1n) is 6.14. The second-order valence-corrected chi connectivity index (χ2v) is 5.14. The van der Waals surface area contributed by atoms with Crippen LogP contribution >= 0.6 is 0 Å². The number of aryl methyl sites for hydroxylation is 1. The van der Waals surface area contributed by atoms with Gasteiger partial charge in [0.15, 0.2) is 11.3 Å². The second kappa shape index (κ2) is 3.99. The van der Waals surface area contributed by atoms with E-state index in [1.54, 1.807) is 13.8 Å². The molecule has 2 unspecified atom stereocenters. The molecule has 1 aromatic rings. The first kappa shape index (κ1) is 12.9. The lowest BCUT2D eigenvalue weighted by molar-refractivity contribution is -0.0861. The maximum Gasteiger partial charge on any atom is 0.417 e. The quantitative estimate of drug-likeness (QED) is 0.876. The Hall–Kier alpha value is -1.55. The number of hydrogen-bond donors (Lipinski definition) is 1. The molecule has 0 spiro atoms. The molecule has 98 valence electrons. The van der Waals surface area contributed by atoms with Crippen LogP contribution in [0.4, 0.5) is 10.5 Å². The summed E-state index contributed by atoms with van der Waals surface area (Å²) in [5, 5.41) is 10.6. The topological polar surface area (TPSA) is 49.8 Å². The molecule has 1 amide bonds. The maximum absolute atomic E-state index is 12.0. The van der Waals surface area contributed by atoms with E-state index in [1.165, 1.54) is 4.90 Å². The van der Waals surface area contributed by atoms with Crippen molar-refractivity contribution in [2.45, 2.75) is 45.4 Å². The van der Waals surface area contributed by atoms with Gasteiger partial charge in [0.05, 0.1) is 5.69 Å². The number of benzene rings is 1. The van der Waals surface area contributed by atoms with Crippen LogP contribution in [0.2, 0.25) is 0 Å². The van der Waals surface area contributed by atoms with Crippen LogP contribution < -0.4 is 4.90 Å². The van der Waals surface area contributed by atoms with E-state index in [0.29, 0.717) is 12.1 Å². The van der Waals surface area contributed by atoms with E-state index in [0.717, 1.165) is 5.56 Å². The molecule has 1 saturated heterocycles. The number of anilines is 1. The third-order valence-corrected chi connectivity index (χ3v) is 3.90. The van der Waals surface area contributed by atoms with Gasteiger partial charge in [-0.25, -0.2) is 9.69 Å². The summed E-state index contributed by atoms with van der Waals surface area (Å²) in [4.78, 5) is 13.3. The molecule has 1 aromatic carbocycles. The maximum atomic E-state index is 12.0. The summed E-state index contributed by atoms with van der Waals surface area (Å²) in [6.07, 6.45) is 0.0434. The average Bonchev–Trinajstić information content (AvgIpc) is 2.48. The SMILES string of the molecule is CCC1(C)OC(=O)N(c2ccc(C)cc2)C1(C)O. The highest BCUT2D eigenvalue weighted by molar-refractivity contribution is 5.92. The number of aliphatic hydroxyl groups is 1. The summed E-state index contributed by atoms with van der Waals surface area (Å²) in [6.45, 7) is 7.22. The van der Waals surface area contributed by atoms with Crippen LogP contribution in [0.25, 0.3) is 0 Å². The molecule has 0 bridgehead atoms. The number of rotatable bonds is 2. The second-order valence-electron chi connectivity index (χ2n) is 5.14. The van der Waals surface area contributed by atoms with Crippen molar-refractivity contribution in [2.24, 2.45) is 0 Å². The predicted molar refractivity (Wildman–Crippen MR) is 69.5 cm³/mol. The van der Waals surface area contributed by atoms with Crippen LogP contribution in [-0.4, -0.2) is 22.5 Å². The molecule has 18 heavy (non-hydrogen) atoms. The molecule has 0 saturated carbocycles. The third-order valence-electron chi connectivity index (χ3n) is 3.90. The number of hydrogen-bond acceptors (Lipinski definition) is 3. The van der Waals surface area contributed by atoms with Gasteiger partial charge in [-0.1, -0.05) is 24.6 Å². The van der Waals surface area contributed by atoms with Crippen molar-refractivity contribution in [1.82, 2.24) is 0 Å². The molecule has 0 radical (unpaired) electrons. The number of amides is 1. The molecule has 1 heterocycles. The predicted octanol–water partition coefficient (Wildman–Crippen LogP) is 2.83. The van der Waals surface area contributed by atoms with E-state index in [9.17, 15) is 9.90 Å². The zero-order valence-corrected chi connectivity index (χ0v) is 11.2. The zero-order chi connectivity index (χ0) is 13.6. The molecular weight excluding hydrogens is 230 g/mol. The minimum absolute atomic E-state index is 0.506. The smallest absolute Gasteiger partial charge is 0.417 e. The highest BCUT2D eigenvalue weighted by atomic mass is 16.6. The van der Waals surface area contributed by atoms with Crippen LogP contribution in [0.5, 0.6) is 0 Å². The van der Waals surface area contributed by atoms with Gasteiger partial charge in [0, 0.05) is 0 Å². The van der Waals surface area contributed by atoms with Gasteiger partial charge in [-0.05, 0) is 39.3 Å². The summed E-state index contributed by atoms with van der Waals surface area (Å²) in [7, 11) is 0. The van der Waals surface area contributed by atoms with Crippen LogP contribution in [0.3, 0.4) is 0 Å². The Balaban J connectivity index is 2.45. The van der Waals surface area contributed by atoms with Gasteiger partial charge >= 0.3 is 6.09 Å². The number of nitrogens with zero attached hydrogens (tertiary/aromatic N) is 1. The van der Waals surface area contributed by atoms with Crippen molar-refractivity contribution in [3.8, 4) is 0 Å². The highest BCUT2D eigenvalue weighted by Gasteiger charge is 2.58. The van der Waals surface area contributed by atoms with Crippen molar-refractivity contribution in [3.63, 3.8) is 0 Å². The Bertz CT molecular complexity index is 466. The Kier molecular flexibility index (Phi) is 2.86. The minimum atomic E-state index is -1.35. The van der Waals surface area contributed by atoms with Crippen molar-refractivity contribution in [3.05, 3.63) is 29.8 Å². The molecule has 4 heteroatoms. The molecule has 1 aliphatic heterocycles. The van der Waals surface area contributed by atoms with Crippen LogP contribution in [0.1, 0.15) is 32.8 Å². The number of ether oxygens (including phenoxy) is 1. The molecule has 1 N–H and O–H groups in total. The van der Waals surface area contributed by atoms with Crippen LogP contribution in [0.15, 0.2) is 24.3 Å². The largest absolute Gasteiger partial charge is 0.438 e. The molecule has 0 aromatic heterocycles. The highest BCUT2D eigenvalue weighted by Crippen LogP contribution is 2.42. The van der Waals surface area contributed by atoms with Gasteiger partial charge in [0.1, 0.15) is 0 Å². The normalized spacial score (nSPS) is 31.6. The first-order chi connectivity index (χ1) is 8.32. The molecule has 0 aliphatic carbocycles. The summed E-state index contributed by atoms with van der Waals surface area (Å²) in [5.41, 5.74) is -0.500. The fraction of sp³-hybridized carbons (Fsp3) is 0.500. The lowest BCUT2D eigenvalue weighted by Crippen LogP contribution is -2.55. The van der Waals surface area contributed by atoms with E-state index in [2.05, 4.69) is 0 Å². The molecule has 4 nitrogen and oxygen atoms in total. The molecular formula is C14H19NO3. The third kappa shape index (κ3) is 1.68. The Morgan fingerprint density at radius 1 is 1.28 bits per heavy atom. The summed E-state index contributed by atoms with van der Waals surface area (Å²) >= 11 is 0. The number of carbonyl (C=O) groups excluding carboxylic acids is 1. The van der Waals surface area contributed by atoms with Gasteiger partial charge in [0.25, 0.3) is 0 Å². The Labute approximate surface area is 107 Å². The van der Waals surface area contributed by atoms with E-state index >= 15 is 0 Å². The monoisotopic (exact) mass is 249 g/mol. The Morgan fingerprint density at radius 2 is 1.83 bits per heavy atom.